The highest BCUT2D eigenvalue weighted by atomic mass is 32.2. The van der Waals surface area contributed by atoms with Crippen LogP contribution < -0.4 is 5.73 Å². The van der Waals surface area contributed by atoms with Gasteiger partial charge in [-0.2, -0.15) is 0 Å². The first kappa shape index (κ1) is 13.0. The van der Waals surface area contributed by atoms with Gasteiger partial charge in [0.2, 0.25) is 0 Å². The molecule has 0 spiro atoms. The molecular weight excluding hydrogens is 210 g/mol. The van der Waals surface area contributed by atoms with Crippen LogP contribution in [0.3, 0.4) is 0 Å². The van der Waals surface area contributed by atoms with Gasteiger partial charge in [0.25, 0.3) is 0 Å². The molecule has 15 heavy (non-hydrogen) atoms. The Morgan fingerprint density at radius 3 is 2.33 bits per heavy atom. The number of nitrogens with two attached hydrogens (primary N) is 1. The Morgan fingerprint density at radius 2 is 1.80 bits per heavy atom. The van der Waals surface area contributed by atoms with E-state index in [1.54, 1.807) is 0 Å². The zero-order valence-electron chi connectivity index (χ0n) is 9.67. The van der Waals surface area contributed by atoms with E-state index >= 15 is 0 Å². The Labute approximate surface area is 93.3 Å². The van der Waals surface area contributed by atoms with E-state index in [2.05, 4.69) is 0 Å². The lowest BCUT2D eigenvalue weighted by Gasteiger charge is -2.32. The van der Waals surface area contributed by atoms with E-state index in [1.807, 2.05) is 6.92 Å². The molecule has 0 aromatic carbocycles. The summed E-state index contributed by atoms with van der Waals surface area (Å²) in [6.45, 7) is 2.01. The van der Waals surface area contributed by atoms with Gasteiger partial charge in [-0.15, -0.1) is 0 Å². The Morgan fingerprint density at radius 1 is 1.20 bits per heavy atom. The number of sulfone groups is 1. The van der Waals surface area contributed by atoms with Gasteiger partial charge in [-0.05, 0) is 19.3 Å². The van der Waals surface area contributed by atoms with Crippen LogP contribution in [-0.2, 0) is 9.84 Å². The second kappa shape index (κ2) is 5.30. The van der Waals surface area contributed by atoms with Gasteiger partial charge in [0.15, 0.2) is 9.84 Å². The van der Waals surface area contributed by atoms with Crippen molar-refractivity contribution in [1.29, 1.82) is 0 Å². The van der Waals surface area contributed by atoms with Gasteiger partial charge in [0.05, 0.1) is 11.5 Å². The number of hydrogen-bond acceptors (Lipinski definition) is 3. The molecule has 0 aromatic rings. The van der Waals surface area contributed by atoms with Crippen molar-refractivity contribution in [2.75, 3.05) is 11.5 Å². The molecule has 0 aliphatic heterocycles. The Hall–Kier alpha value is -0.0900. The molecule has 0 heterocycles. The molecule has 0 amide bonds. The molecule has 1 aliphatic carbocycles. The van der Waals surface area contributed by atoms with E-state index in [1.165, 1.54) is 6.42 Å². The number of unbranched alkanes of at least 4 members (excludes halogenated alkanes) is 1. The Bertz CT molecular complexity index is 279. The maximum atomic E-state index is 11.8. The summed E-state index contributed by atoms with van der Waals surface area (Å²) in [5.41, 5.74) is 5.71. The summed E-state index contributed by atoms with van der Waals surface area (Å²) in [4.78, 5) is 0. The van der Waals surface area contributed by atoms with Crippen LogP contribution >= 0.6 is 0 Å². The third-order valence-electron chi connectivity index (χ3n) is 3.17. The van der Waals surface area contributed by atoms with Gasteiger partial charge in [-0.1, -0.05) is 32.6 Å². The smallest absolute Gasteiger partial charge is 0.152 e. The third kappa shape index (κ3) is 4.51. The summed E-state index contributed by atoms with van der Waals surface area (Å²) in [6.07, 6.45) is 6.81. The number of rotatable bonds is 5. The molecule has 1 saturated carbocycles. The Kier molecular flexibility index (Phi) is 4.59. The van der Waals surface area contributed by atoms with Crippen molar-refractivity contribution >= 4 is 9.84 Å². The molecule has 0 aromatic heterocycles. The van der Waals surface area contributed by atoms with Crippen molar-refractivity contribution in [3.05, 3.63) is 0 Å². The van der Waals surface area contributed by atoms with Gasteiger partial charge < -0.3 is 5.73 Å². The SMILES string of the molecule is CCCCS(=O)(=O)CC1(N)CCCCC1. The second-order valence-corrected chi connectivity index (χ2v) is 7.05. The zero-order chi connectivity index (χ0) is 11.4. The molecule has 1 fully saturated rings. The van der Waals surface area contributed by atoms with Gasteiger partial charge in [0.1, 0.15) is 0 Å². The summed E-state index contributed by atoms with van der Waals surface area (Å²) in [6, 6.07) is 0. The molecule has 1 aliphatic rings. The molecule has 90 valence electrons. The van der Waals surface area contributed by atoms with Crippen LogP contribution in [-0.4, -0.2) is 25.5 Å². The molecule has 4 heteroatoms. The van der Waals surface area contributed by atoms with E-state index in [0.717, 1.165) is 38.5 Å². The fraction of sp³-hybridized carbons (Fsp3) is 1.00. The van der Waals surface area contributed by atoms with Crippen molar-refractivity contribution in [2.45, 2.75) is 57.4 Å². The fourth-order valence-electron chi connectivity index (χ4n) is 2.27. The normalized spacial score (nSPS) is 21.5. The molecule has 1 rings (SSSR count). The van der Waals surface area contributed by atoms with Crippen LogP contribution in [0.4, 0.5) is 0 Å². The minimum absolute atomic E-state index is 0.194. The average Bonchev–Trinajstić information content (AvgIpc) is 2.14. The minimum Gasteiger partial charge on any atom is -0.324 e. The van der Waals surface area contributed by atoms with Crippen molar-refractivity contribution in [3.63, 3.8) is 0 Å². The third-order valence-corrected chi connectivity index (χ3v) is 5.09. The first-order chi connectivity index (χ1) is 6.97. The molecule has 0 radical (unpaired) electrons. The van der Waals surface area contributed by atoms with Crippen LogP contribution in [0.1, 0.15) is 51.9 Å². The van der Waals surface area contributed by atoms with Crippen molar-refractivity contribution < 1.29 is 8.42 Å². The number of hydrogen-bond donors (Lipinski definition) is 1. The van der Waals surface area contributed by atoms with E-state index < -0.39 is 15.4 Å². The van der Waals surface area contributed by atoms with Gasteiger partial charge in [0, 0.05) is 5.54 Å². The predicted octanol–water partition coefficient (Wildman–Crippen LogP) is 1.86. The fourth-order valence-corrected chi connectivity index (χ4v) is 4.31. The summed E-state index contributed by atoms with van der Waals surface area (Å²) < 4.78 is 23.6. The first-order valence-corrected chi connectivity index (χ1v) is 7.79. The van der Waals surface area contributed by atoms with Crippen LogP contribution in [0, 0.1) is 0 Å². The highest BCUT2D eigenvalue weighted by molar-refractivity contribution is 7.91. The lowest BCUT2D eigenvalue weighted by molar-refractivity contribution is 0.323. The standard InChI is InChI=1S/C11H23NO2S/c1-2-3-9-15(13,14)10-11(12)7-5-4-6-8-11/h2-10,12H2,1H3. The lowest BCUT2D eigenvalue weighted by atomic mass is 9.84. The lowest BCUT2D eigenvalue weighted by Crippen LogP contribution is -2.48. The second-order valence-electron chi connectivity index (χ2n) is 4.87. The summed E-state index contributed by atoms with van der Waals surface area (Å²) in [7, 11) is -2.93. The minimum atomic E-state index is -2.93. The van der Waals surface area contributed by atoms with Gasteiger partial charge in [-0.25, -0.2) is 8.42 Å². The maximum absolute atomic E-state index is 11.8. The van der Waals surface area contributed by atoms with E-state index in [0.29, 0.717) is 5.75 Å². The monoisotopic (exact) mass is 233 g/mol. The van der Waals surface area contributed by atoms with Crippen molar-refractivity contribution in [1.82, 2.24) is 0 Å². The molecule has 0 unspecified atom stereocenters. The molecule has 2 N–H and O–H groups in total. The molecule has 0 saturated heterocycles. The van der Waals surface area contributed by atoms with Gasteiger partial charge in [-0.3, -0.25) is 0 Å². The zero-order valence-corrected chi connectivity index (χ0v) is 10.5. The van der Waals surface area contributed by atoms with Crippen molar-refractivity contribution in [2.24, 2.45) is 5.73 Å². The van der Waals surface area contributed by atoms with E-state index in [9.17, 15) is 8.42 Å². The first-order valence-electron chi connectivity index (χ1n) is 5.97. The van der Waals surface area contributed by atoms with E-state index in [-0.39, 0.29) is 5.75 Å². The van der Waals surface area contributed by atoms with Crippen LogP contribution in [0.5, 0.6) is 0 Å². The van der Waals surface area contributed by atoms with Crippen molar-refractivity contribution in [3.8, 4) is 0 Å². The largest absolute Gasteiger partial charge is 0.324 e. The summed E-state index contributed by atoms with van der Waals surface area (Å²) in [5.74, 6) is 0.502. The topological polar surface area (TPSA) is 60.2 Å². The highest BCUT2D eigenvalue weighted by Crippen LogP contribution is 2.27. The average molecular weight is 233 g/mol. The highest BCUT2D eigenvalue weighted by Gasteiger charge is 2.32. The maximum Gasteiger partial charge on any atom is 0.152 e. The quantitative estimate of drug-likeness (QED) is 0.788. The summed E-state index contributed by atoms with van der Waals surface area (Å²) >= 11 is 0. The Balaban J connectivity index is 2.51. The molecule has 0 atom stereocenters. The van der Waals surface area contributed by atoms with Crippen LogP contribution in [0.2, 0.25) is 0 Å². The predicted molar refractivity (Wildman–Crippen MR) is 63.6 cm³/mol. The summed E-state index contributed by atoms with van der Waals surface area (Å²) in [5, 5.41) is 0. The van der Waals surface area contributed by atoms with Crippen LogP contribution in [0.15, 0.2) is 0 Å². The van der Waals surface area contributed by atoms with Gasteiger partial charge >= 0.3 is 0 Å². The van der Waals surface area contributed by atoms with Crippen LogP contribution in [0.25, 0.3) is 0 Å². The molecular formula is C11H23NO2S. The molecule has 3 nitrogen and oxygen atoms in total. The van der Waals surface area contributed by atoms with E-state index in [4.69, 9.17) is 5.73 Å². The molecule has 0 bridgehead atoms.